The van der Waals surface area contributed by atoms with E-state index in [1.165, 1.54) is 0 Å². The molecule has 3 N–H and O–H groups in total. The highest BCUT2D eigenvalue weighted by Crippen LogP contribution is 2.15. The van der Waals surface area contributed by atoms with Crippen LogP contribution in [0, 0.1) is 11.3 Å². The van der Waals surface area contributed by atoms with E-state index in [-0.39, 0.29) is 17.5 Å². The van der Waals surface area contributed by atoms with E-state index < -0.39 is 0 Å². The van der Waals surface area contributed by atoms with Crippen molar-refractivity contribution in [3.05, 3.63) is 35.4 Å². The quantitative estimate of drug-likeness (QED) is 0.452. The maximum absolute atomic E-state index is 11.9. The molecule has 0 saturated carbocycles. The molecule has 16 heavy (non-hydrogen) atoms. The third-order valence-corrected chi connectivity index (χ3v) is 2.47. The van der Waals surface area contributed by atoms with Crippen LogP contribution < -0.4 is 5.73 Å². The number of amidine groups is 1. The molecule has 0 aliphatic heterocycles. The molecule has 0 spiro atoms. The van der Waals surface area contributed by atoms with Gasteiger partial charge in [0, 0.05) is 17.9 Å². The van der Waals surface area contributed by atoms with Crippen molar-refractivity contribution in [3.63, 3.8) is 0 Å². The van der Waals surface area contributed by atoms with Crippen molar-refractivity contribution in [1.82, 2.24) is 0 Å². The van der Waals surface area contributed by atoms with Crippen LogP contribution in [0.1, 0.15) is 36.2 Å². The molecule has 0 atom stereocenters. The molecule has 3 nitrogen and oxygen atoms in total. The zero-order chi connectivity index (χ0) is 12.1. The van der Waals surface area contributed by atoms with Crippen LogP contribution in [-0.4, -0.2) is 11.6 Å². The molecule has 86 valence electrons. The van der Waals surface area contributed by atoms with Gasteiger partial charge >= 0.3 is 0 Å². The van der Waals surface area contributed by atoms with Gasteiger partial charge in [0.25, 0.3) is 0 Å². The lowest BCUT2D eigenvalue weighted by Gasteiger charge is -2.10. The van der Waals surface area contributed by atoms with E-state index in [9.17, 15) is 4.79 Å². The van der Waals surface area contributed by atoms with Crippen LogP contribution in [0.4, 0.5) is 0 Å². The van der Waals surface area contributed by atoms with Crippen LogP contribution >= 0.6 is 0 Å². The summed E-state index contributed by atoms with van der Waals surface area (Å²) in [5.41, 5.74) is 7.07. The summed E-state index contributed by atoms with van der Waals surface area (Å²) in [5.74, 6) is 0.310. The van der Waals surface area contributed by atoms with Gasteiger partial charge < -0.3 is 5.73 Å². The number of nitrogens with two attached hydrogens (primary N) is 1. The Labute approximate surface area is 96.2 Å². The van der Waals surface area contributed by atoms with Crippen LogP contribution in [0.3, 0.4) is 0 Å². The number of hydrogen-bond donors (Lipinski definition) is 2. The Morgan fingerprint density at radius 1 is 1.38 bits per heavy atom. The minimum absolute atomic E-state index is 0.00141. The Balaban J connectivity index is 2.91. The minimum Gasteiger partial charge on any atom is -0.388 e. The number of Topliss-reactive ketones (excluding diaryl/α,β-unsaturated/α-hetero) is 1. The van der Waals surface area contributed by atoms with Gasteiger partial charge in [0.15, 0.2) is 5.78 Å². The average molecular weight is 218 g/mol. The highest BCUT2D eigenvalue weighted by Gasteiger charge is 2.13. The zero-order valence-electron chi connectivity index (χ0n) is 9.79. The Bertz CT molecular complexity index is 397. The second-order valence-electron chi connectivity index (χ2n) is 4.20. The Hall–Kier alpha value is -1.64. The summed E-state index contributed by atoms with van der Waals surface area (Å²) in [6.45, 7) is 3.79. The molecule has 3 heteroatoms. The van der Waals surface area contributed by atoms with Crippen molar-refractivity contribution in [1.29, 1.82) is 5.41 Å². The summed E-state index contributed by atoms with van der Waals surface area (Å²) in [4.78, 5) is 11.9. The van der Waals surface area contributed by atoms with Crippen molar-refractivity contribution in [3.8, 4) is 0 Å². The monoisotopic (exact) mass is 218 g/mol. The Morgan fingerprint density at radius 2 is 2.00 bits per heavy atom. The highest BCUT2D eigenvalue weighted by molar-refractivity contribution is 5.98. The largest absolute Gasteiger partial charge is 0.388 e. The van der Waals surface area contributed by atoms with E-state index in [4.69, 9.17) is 11.1 Å². The molecular formula is C13H18N2O. The maximum Gasteiger partial charge on any atom is 0.165 e. The van der Waals surface area contributed by atoms with Gasteiger partial charge in [0.2, 0.25) is 0 Å². The molecule has 1 aromatic carbocycles. The first-order valence-electron chi connectivity index (χ1n) is 5.47. The van der Waals surface area contributed by atoms with E-state index in [1.54, 1.807) is 0 Å². The van der Waals surface area contributed by atoms with Gasteiger partial charge in [0.05, 0.1) is 5.84 Å². The Kier molecular flexibility index (Phi) is 4.23. The molecule has 0 radical (unpaired) electrons. The summed E-state index contributed by atoms with van der Waals surface area (Å²) in [6.07, 6.45) is 1.16. The van der Waals surface area contributed by atoms with Gasteiger partial charge in [-0.05, 0) is 12.0 Å². The van der Waals surface area contributed by atoms with Gasteiger partial charge in [-0.1, -0.05) is 38.1 Å². The third-order valence-electron chi connectivity index (χ3n) is 2.47. The number of rotatable bonds is 5. The summed E-state index contributed by atoms with van der Waals surface area (Å²) >= 11 is 0. The first kappa shape index (κ1) is 12.4. The van der Waals surface area contributed by atoms with Crippen LogP contribution in [0.2, 0.25) is 0 Å². The van der Waals surface area contributed by atoms with Crippen LogP contribution in [0.5, 0.6) is 0 Å². The summed E-state index contributed by atoms with van der Waals surface area (Å²) in [6, 6.07) is 7.55. The SMILES string of the molecule is CC(C)C(=O)c1ccccc1CCC(=N)N. The molecule has 0 bridgehead atoms. The highest BCUT2D eigenvalue weighted by atomic mass is 16.1. The van der Waals surface area contributed by atoms with Crippen LogP contribution in [0.15, 0.2) is 24.3 Å². The second kappa shape index (κ2) is 5.45. The second-order valence-corrected chi connectivity index (χ2v) is 4.20. The fraction of sp³-hybridized carbons (Fsp3) is 0.385. The van der Waals surface area contributed by atoms with Gasteiger partial charge in [-0.25, -0.2) is 0 Å². The number of aryl methyl sites for hydroxylation is 1. The first-order chi connectivity index (χ1) is 7.52. The number of ketones is 1. The number of carbonyl (C=O) groups is 1. The topological polar surface area (TPSA) is 66.9 Å². The van der Waals surface area contributed by atoms with E-state index in [2.05, 4.69) is 0 Å². The molecule has 0 saturated heterocycles. The first-order valence-corrected chi connectivity index (χ1v) is 5.47. The lowest BCUT2D eigenvalue weighted by molar-refractivity contribution is 0.0938. The minimum atomic E-state index is -0.00141. The number of benzene rings is 1. The molecule has 0 aliphatic carbocycles. The molecule has 0 unspecified atom stereocenters. The lowest BCUT2D eigenvalue weighted by Crippen LogP contribution is -2.14. The summed E-state index contributed by atoms with van der Waals surface area (Å²) < 4.78 is 0. The molecule has 0 aromatic heterocycles. The van der Waals surface area contributed by atoms with Gasteiger partial charge in [-0.15, -0.1) is 0 Å². The van der Waals surface area contributed by atoms with Gasteiger partial charge in [0.1, 0.15) is 0 Å². The third kappa shape index (κ3) is 3.19. The molecule has 0 amide bonds. The van der Waals surface area contributed by atoms with Crippen molar-refractivity contribution >= 4 is 11.6 Å². The molecular weight excluding hydrogens is 200 g/mol. The fourth-order valence-electron chi connectivity index (χ4n) is 1.56. The molecule has 0 fully saturated rings. The predicted molar refractivity (Wildman–Crippen MR) is 65.8 cm³/mol. The Morgan fingerprint density at radius 3 is 2.56 bits per heavy atom. The molecule has 1 rings (SSSR count). The summed E-state index contributed by atoms with van der Waals surface area (Å²) in [7, 11) is 0. The van der Waals surface area contributed by atoms with E-state index in [0.717, 1.165) is 11.1 Å². The van der Waals surface area contributed by atoms with Crippen molar-refractivity contribution in [2.45, 2.75) is 26.7 Å². The average Bonchev–Trinajstić information content (AvgIpc) is 2.25. The predicted octanol–water partition coefficient (Wildman–Crippen LogP) is 2.39. The lowest BCUT2D eigenvalue weighted by atomic mass is 9.94. The molecule has 1 aromatic rings. The van der Waals surface area contributed by atoms with E-state index >= 15 is 0 Å². The van der Waals surface area contributed by atoms with Crippen LogP contribution in [0.25, 0.3) is 0 Å². The van der Waals surface area contributed by atoms with Crippen molar-refractivity contribution < 1.29 is 4.79 Å². The number of nitrogens with one attached hydrogen (secondary N) is 1. The zero-order valence-corrected chi connectivity index (χ0v) is 9.79. The van der Waals surface area contributed by atoms with Crippen LogP contribution in [-0.2, 0) is 6.42 Å². The number of carbonyl (C=O) groups excluding carboxylic acids is 1. The van der Waals surface area contributed by atoms with Gasteiger partial charge in [-0.2, -0.15) is 0 Å². The summed E-state index contributed by atoms with van der Waals surface area (Å²) in [5, 5.41) is 7.20. The standard InChI is InChI=1S/C13H18N2O/c1-9(2)13(16)11-6-4-3-5-10(11)7-8-12(14)15/h3-6,9H,7-8H2,1-2H3,(H3,14,15). The van der Waals surface area contributed by atoms with Crippen molar-refractivity contribution in [2.24, 2.45) is 11.7 Å². The normalized spacial score (nSPS) is 10.4. The van der Waals surface area contributed by atoms with Crippen molar-refractivity contribution in [2.75, 3.05) is 0 Å². The van der Waals surface area contributed by atoms with E-state index in [0.29, 0.717) is 12.8 Å². The van der Waals surface area contributed by atoms with Gasteiger partial charge in [-0.3, -0.25) is 10.2 Å². The maximum atomic E-state index is 11.9. The van der Waals surface area contributed by atoms with E-state index in [1.807, 2.05) is 38.1 Å². The fourth-order valence-corrected chi connectivity index (χ4v) is 1.56. The molecule has 0 aliphatic rings. The number of hydrogen-bond acceptors (Lipinski definition) is 2. The smallest absolute Gasteiger partial charge is 0.165 e. The molecule has 0 heterocycles.